The fourth-order valence-electron chi connectivity index (χ4n) is 2.16. The molecule has 0 fully saturated rings. The molecule has 1 N–H and O–H groups in total. The van der Waals surface area contributed by atoms with Crippen LogP contribution in [-0.2, 0) is 0 Å². The molecule has 0 aliphatic carbocycles. The molecule has 0 saturated heterocycles. The topological polar surface area (TPSA) is 12.0 Å². The Morgan fingerprint density at radius 1 is 1.00 bits per heavy atom. The predicted octanol–water partition coefficient (Wildman–Crippen LogP) is 5.46. The SMILES string of the molecule is Cc1ccc(NC(c2ccccc2)C(C)C)cc1Cl. The lowest BCUT2D eigenvalue weighted by Gasteiger charge is -2.24. The maximum atomic E-state index is 6.18. The van der Waals surface area contributed by atoms with E-state index in [0.29, 0.717) is 12.0 Å². The van der Waals surface area contributed by atoms with Gasteiger partial charge in [0.2, 0.25) is 0 Å². The van der Waals surface area contributed by atoms with E-state index in [9.17, 15) is 0 Å². The molecule has 1 nitrogen and oxygen atoms in total. The van der Waals surface area contributed by atoms with Crippen LogP contribution in [0.25, 0.3) is 0 Å². The van der Waals surface area contributed by atoms with Crippen LogP contribution in [0.1, 0.15) is 31.0 Å². The Bertz CT molecular complexity index is 534. The minimum atomic E-state index is 0.292. The zero-order valence-electron chi connectivity index (χ0n) is 11.7. The van der Waals surface area contributed by atoms with E-state index >= 15 is 0 Å². The van der Waals surface area contributed by atoms with Crippen molar-refractivity contribution in [3.63, 3.8) is 0 Å². The van der Waals surface area contributed by atoms with Gasteiger partial charge in [-0.05, 0) is 36.1 Å². The van der Waals surface area contributed by atoms with Crippen LogP contribution in [0.2, 0.25) is 5.02 Å². The summed E-state index contributed by atoms with van der Waals surface area (Å²) in [6.45, 7) is 6.46. The lowest BCUT2D eigenvalue weighted by atomic mass is 9.96. The average Bonchev–Trinajstić information content (AvgIpc) is 2.40. The van der Waals surface area contributed by atoms with Crippen LogP contribution in [-0.4, -0.2) is 0 Å². The molecular weight excluding hydrogens is 254 g/mol. The zero-order valence-corrected chi connectivity index (χ0v) is 12.4. The number of aryl methyl sites for hydroxylation is 1. The molecule has 100 valence electrons. The molecule has 2 aromatic rings. The number of hydrogen-bond donors (Lipinski definition) is 1. The molecule has 0 spiro atoms. The highest BCUT2D eigenvalue weighted by atomic mass is 35.5. The van der Waals surface area contributed by atoms with Crippen LogP contribution < -0.4 is 5.32 Å². The van der Waals surface area contributed by atoms with Crippen molar-refractivity contribution in [2.75, 3.05) is 5.32 Å². The van der Waals surface area contributed by atoms with Crippen LogP contribution in [0.5, 0.6) is 0 Å². The largest absolute Gasteiger partial charge is 0.378 e. The second-order valence-corrected chi connectivity index (χ2v) is 5.65. The fourth-order valence-corrected chi connectivity index (χ4v) is 2.34. The van der Waals surface area contributed by atoms with E-state index in [0.717, 1.165) is 16.3 Å². The van der Waals surface area contributed by atoms with Crippen molar-refractivity contribution in [2.45, 2.75) is 26.8 Å². The third kappa shape index (κ3) is 3.51. The minimum Gasteiger partial charge on any atom is -0.378 e. The Hall–Kier alpha value is -1.47. The van der Waals surface area contributed by atoms with Crippen molar-refractivity contribution in [1.82, 2.24) is 0 Å². The van der Waals surface area contributed by atoms with Gasteiger partial charge in [0.15, 0.2) is 0 Å². The van der Waals surface area contributed by atoms with E-state index in [1.54, 1.807) is 0 Å². The molecule has 1 unspecified atom stereocenters. The molecule has 0 amide bonds. The van der Waals surface area contributed by atoms with Gasteiger partial charge >= 0.3 is 0 Å². The van der Waals surface area contributed by atoms with Crippen LogP contribution in [0, 0.1) is 12.8 Å². The molecule has 0 aliphatic heterocycles. The highest BCUT2D eigenvalue weighted by molar-refractivity contribution is 6.31. The van der Waals surface area contributed by atoms with Gasteiger partial charge in [-0.1, -0.05) is 61.8 Å². The number of nitrogens with one attached hydrogen (secondary N) is 1. The summed E-state index contributed by atoms with van der Waals surface area (Å²) in [6.07, 6.45) is 0. The molecule has 2 heteroatoms. The second kappa shape index (κ2) is 6.12. The first-order chi connectivity index (χ1) is 9.08. The maximum Gasteiger partial charge on any atom is 0.0536 e. The molecule has 0 heterocycles. The first-order valence-corrected chi connectivity index (χ1v) is 7.03. The van der Waals surface area contributed by atoms with Gasteiger partial charge in [0.05, 0.1) is 6.04 Å². The number of halogens is 1. The van der Waals surface area contributed by atoms with Gasteiger partial charge < -0.3 is 5.32 Å². The van der Waals surface area contributed by atoms with Crippen LogP contribution >= 0.6 is 11.6 Å². The van der Waals surface area contributed by atoms with E-state index in [1.807, 2.05) is 25.1 Å². The summed E-state index contributed by atoms with van der Waals surface area (Å²) in [7, 11) is 0. The minimum absolute atomic E-state index is 0.292. The number of benzene rings is 2. The lowest BCUT2D eigenvalue weighted by molar-refractivity contribution is 0.546. The molecule has 0 radical (unpaired) electrons. The molecule has 0 aliphatic rings. The standard InChI is InChI=1S/C17H20ClN/c1-12(2)17(14-7-5-4-6-8-14)19-15-10-9-13(3)16(18)11-15/h4-12,17,19H,1-3H3. The maximum absolute atomic E-state index is 6.18. The van der Waals surface area contributed by atoms with Gasteiger partial charge in [-0.25, -0.2) is 0 Å². The van der Waals surface area contributed by atoms with Gasteiger partial charge in [-0.2, -0.15) is 0 Å². The first-order valence-electron chi connectivity index (χ1n) is 6.65. The lowest BCUT2D eigenvalue weighted by Crippen LogP contribution is -2.16. The summed E-state index contributed by atoms with van der Waals surface area (Å²) >= 11 is 6.18. The molecule has 2 aromatic carbocycles. The summed E-state index contributed by atoms with van der Waals surface area (Å²) in [6, 6.07) is 16.9. The summed E-state index contributed by atoms with van der Waals surface area (Å²) < 4.78 is 0. The van der Waals surface area contributed by atoms with Gasteiger partial charge in [0.1, 0.15) is 0 Å². The second-order valence-electron chi connectivity index (χ2n) is 5.24. The smallest absolute Gasteiger partial charge is 0.0536 e. The van der Waals surface area contributed by atoms with Crippen molar-refractivity contribution < 1.29 is 0 Å². The summed E-state index contributed by atoms with van der Waals surface area (Å²) in [5.74, 6) is 0.502. The Balaban J connectivity index is 2.24. The van der Waals surface area contributed by atoms with Crippen molar-refractivity contribution >= 4 is 17.3 Å². The number of hydrogen-bond acceptors (Lipinski definition) is 1. The monoisotopic (exact) mass is 273 g/mol. The quantitative estimate of drug-likeness (QED) is 0.780. The van der Waals surface area contributed by atoms with Gasteiger partial charge in [0, 0.05) is 10.7 Å². The van der Waals surface area contributed by atoms with Crippen LogP contribution in [0.4, 0.5) is 5.69 Å². The molecule has 0 aromatic heterocycles. The molecule has 1 atom stereocenters. The molecule has 0 saturated carbocycles. The Morgan fingerprint density at radius 2 is 1.68 bits per heavy atom. The van der Waals surface area contributed by atoms with Crippen molar-refractivity contribution in [1.29, 1.82) is 0 Å². The van der Waals surface area contributed by atoms with Crippen LogP contribution in [0.15, 0.2) is 48.5 Å². The molecule has 2 rings (SSSR count). The Labute approximate surface area is 120 Å². The predicted molar refractivity (Wildman–Crippen MR) is 83.8 cm³/mol. The number of rotatable bonds is 4. The summed E-state index contributed by atoms with van der Waals surface area (Å²) in [4.78, 5) is 0. The Morgan fingerprint density at radius 3 is 2.26 bits per heavy atom. The number of anilines is 1. The van der Waals surface area contributed by atoms with E-state index < -0.39 is 0 Å². The highest BCUT2D eigenvalue weighted by Gasteiger charge is 2.15. The Kier molecular flexibility index (Phi) is 4.49. The first kappa shape index (κ1) is 14.0. The fraction of sp³-hybridized carbons (Fsp3) is 0.294. The molecule has 19 heavy (non-hydrogen) atoms. The van der Waals surface area contributed by atoms with Crippen molar-refractivity contribution in [3.05, 3.63) is 64.7 Å². The van der Waals surface area contributed by atoms with Gasteiger partial charge in [-0.3, -0.25) is 0 Å². The van der Waals surface area contributed by atoms with Crippen molar-refractivity contribution in [3.8, 4) is 0 Å². The summed E-state index contributed by atoms with van der Waals surface area (Å²) in [5.41, 5.74) is 3.47. The van der Waals surface area contributed by atoms with E-state index in [4.69, 9.17) is 11.6 Å². The third-order valence-electron chi connectivity index (χ3n) is 3.32. The van der Waals surface area contributed by atoms with Crippen molar-refractivity contribution in [2.24, 2.45) is 5.92 Å². The third-order valence-corrected chi connectivity index (χ3v) is 3.73. The van der Waals surface area contributed by atoms with Gasteiger partial charge in [0.25, 0.3) is 0 Å². The van der Waals surface area contributed by atoms with E-state index in [-0.39, 0.29) is 0 Å². The zero-order chi connectivity index (χ0) is 13.8. The average molecular weight is 274 g/mol. The molecule has 0 bridgehead atoms. The van der Waals surface area contributed by atoms with E-state index in [2.05, 4.69) is 49.5 Å². The highest BCUT2D eigenvalue weighted by Crippen LogP contribution is 2.28. The summed E-state index contributed by atoms with van der Waals surface area (Å²) in [5, 5.41) is 4.38. The van der Waals surface area contributed by atoms with E-state index in [1.165, 1.54) is 5.56 Å². The van der Waals surface area contributed by atoms with Gasteiger partial charge in [-0.15, -0.1) is 0 Å². The van der Waals surface area contributed by atoms with Crippen LogP contribution in [0.3, 0.4) is 0 Å². The molecular formula is C17H20ClN. The normalized spacial score (nSPS) is 12.5.